The van der Waals surface area contributed by atoms with Gasteiger partial charge < -0.3 is 19.9 Å². The summed E-state index contributed by atoms with van der Waals surface area (Å²) in [5, 5.41) is 13.2. The number of nitrogens with zero attached hydrogens (tertiary/aromatic N) is 1. The topological polar surface area (TPSA) is 80.7 Å². The van der Waals surface area contributed by atoms with Gasteiger partial charge in [-0.2, -0.15) is 0 Å². The van der Waals surface area contributed by atoms with Gasteiger partial charge in [-0.05, 0) is 19.1 Å². The molecule has 2 rings (SSSR count). The van der Waals surface area contributed by atoms with E-state index in [0.717, 1.165) is 0 Å². The Morgan fingerprint density at radius 3 is 2.86 bits per heavy atom. The molecule has 0 atom stereocenters. The number of aliphatic hydroxyl groups is 1. The maximum Gasteiger partial charge on any atom is 0.341 e. The van der Waals surface area contributed by atoms with E-state index in [1.54, 1.807) is 19.1 Å². The molecular weight excluding hydrogens is 308 g/mol. The molecule has 0 aliphatic heterocycles. The van der Waals surface area contributed by atoms with E-state index in [2.05, 4.69) is 10.3 Å². The average Bonchev–Trinajstić information content (AvgIpc) is 2.51. The van der Waals surface area contributed by atoms with Crippen molar-refractivity contribution in [1.82, 2.24) is 4.98 Å². The van der Waals surface area contributed by atoms with E-state index in [0.29, 0.717) is 32.9 Å². The molecule has 0 saturated carbocycles. The van der Waals surface area contributed by atoms with Crippen LogP contribution in [0.3, 0.4) is 0 Å². The van der Waals surface area contributed by atoms with Crippen molar-refractivity contribution in [2.75, 3.05) is 32.2 Å². The van der Waals surface area contributed by atoms with Gasteiger partial charge in [-0.3, -0.25) is 4.98 Å². The molecule has 1 aromatic heterocycles. The lowest BCUT2D eigenvalue weighted by atomic mass is 10.1. The number of carbonyl (C=O) groups is 1. The Hall–Kier alpha value is -2.05. The summed E-state index contributed by atoms with van der Waals surface area (Å²) < 4.78 is 10.2. The molecule has 0 spiro atoms. The first kappa shape index (κ1) is 16.3. The summed E-state index contributed by atoms with van der Waals surface area (Å²) >= 11 is 6.10. The Kier molecular flexibility index (Phi) is 5.41. The largest absolute Gasteiger partial charge is 0.495 e. The maximum absolute atomic E-state index is 12.1. The molecule has 1 heterocycles. The summed E-state index contributed by atoms with van der Waals surface area (Å²) in [6.07, 6.45) is 1.43. The maximum atomic E-state index is 12.1. The van der Waals surface area contributed by atoms with Crippen molar-refractivity contribution in [1.29, 1.82) is 0 Å². The van der Waals surface area contributed by atoms with Crippen molar-refractivity contribution in [3.63, 3.8) is 0 Å². The average molecular weight is 325 g/mol. The number of anilines is 1. The molecule has 2 N–H and O–H groups in total. The third kappa shape index (κ3) is 3.23. The van der Waals surface area contributed by atoms with Gasteiger partial charge >= 0.3 is 5.97 Å². The number of carbonyl (C=O) groups excluding carboxylic acids is 1. The highest BCUT2D eigenvalue weighted by Gasteiger charge is 2.18. The number of rotatable bonds is 6. The van der Waals surface area contributed by atoms with Crippen molar-refractivity contribution in [2.24, 2.45) is 0 Å². The Morgan fingerprint density at radius 1 is 1.45 bits per heavy atom. The number of nitrogens with one attached hydrogen (secondary N) is 1. The first-order valence-corrected chi connectivity index (χ1v) is 7.18. The van der Waals surface area contributed by atoms with E-state index in [9.17, 15) is 4.79 Å². The number of halogens is 1. The number of methoxy groups -OCH3 is 1. The van der Waals surface area contributed by atoms with Crippen LogP contribution in [0.1, 0.15) is 17.3 Å². The van der Waals surface area contributed by atoms with Gasteiger partial charge in [0.2, 0.25) is 0 Å². The zero-order chi connectivity index (χ0) is 16.1. The van der Waals surface area contributed by atoms with Crippen LogP contribution in [-0.2, 0) is 4.74 Å². The summed E-state index contributed by atoms with van der Waals surface area (Å²) in [6.45, 7) is 2.21. The number of esters is 1. The van der Waals surface area contributed by atoms with Gasteiger partial charge in [0.25, 0.3) is 0 Å². The minimum Gasteiger partial charge on any atom is -0.495 e. The predicted octanol–water partition coefficient (Wildman–Crippen LogP) is 2.48. The van der Waals surface area contributed by atoms with Gasteiger partial charge in [0.05, 0.1) is 36.6 Å². The Morgan fingerprint density at radius 2 is 2.23 bits per heavy atom. The number of ether oxygens (including phenoxy) is 2. The van der Waals surface area contributed by atoms with Crippen LogP contribution < -0.4 is 10.1 Å². The summed E-state index contributed by atoms with van der Waals surface area (Å²) in [6, 6.07) is 3.36. The summed E-state index contributed by atoms with van der Waals surface area (Å²) in [4.78, 5) is 16.3. The third-order valence-electron chi connectivity index (χ3n) is 3.05. The molecule has 7 heteroatoms. The molecule has 0 aliphatic rings. The normalized spacial score (nSPS) is 10.5. The lowest BCUT2D eigenvalue weighted by molar-refractivity contribution is 0.0527. The van der Waals surface area contributed by atoms with E-state index >= 15 is 0 Å². The van der Waals surface area contributed by atoms with Crippen LogP contribution in [0.25, 0.3) is 10.9 Å². The first-order chi connectivity index (χ1) is 10.6. The highest BCUT2D eigenvalue weighted by atomic mass is 35.5. The summed E-state index contributed by atoms with van der Waals surface area (Å²) in [7, 11) is 1.51. The SMILES string of the molecule is CCOC(=O)c1cnc2cc(Cl)c(OC)cc2c1NCCO. The molecule has 0 saturated heterocycles. The van der Waals surface area contributed by atoms with Crippen LogP contribution in [0.4, 0.5) is 5.69 Å². The van der Waals surface area contributed by atoms with E-state index in [1.807, 2.05) is 0 Å². The highest BCUT2D eigenvalue weighted by molar-refractivity contribution is 6.33. The molecule has 0 bridgehead atoms. The zero-order valence-electron chi connectivity index (χ0n) is 12.4. The van der Waals surface area contributed by atoms with Crippen LogP contribution in [-0.4, -0.2) is 42.9 Å². The first-order valence-electron chi connectivity index (χ1n) is 6.80. The lowest BCUT2D eigenvalue weighted by Gasteiger charge is -2.14. The minimum absolute atomic E-state index is 0.0726. The second kappa shape index (κ2) is 7.29. The van der Waals surface area contributed by atoms with Crippen LogP contribution in [0.2, 0.25) is 5.02 Å². The Bertz CT molecular complexity index is 691. The van der Waals surface area contributed by atoms with Gasteiger partial charge in [-0.15, -0.1) is 0 Å². The summed E-state index contributed by atoms with van der Waals surface area (Å²) in [5.41, 5.74) is 1.44. The molecular formula is C15H17ClN2O4. The Balaban J connectivity index is 2.64. The van der Waals surface area contributed by atoms with Crippen LogP contribution >= 0.6 is 11.6 Å². The number of hydrogen-bond donors (Lipinski definition) is 2. The second-order valence-corrected chi connectivity index (χ2v) is 4.83. The second-order valence-electron chi connectivity index (χ2n) is 4.42. The molecule has 1 aromatic carbocycles. The van der Waals surface area contributed by atoms with Gasteiger partial charge in [0.1, 0.15) is 11.3 Å². The van der Waals surface area contributed by atoms with Gasteiger partial charge in [0, 0.05) is 18.1 Å². The number of aliphatic hydroxyl groups excluding tert-OH is 1. The number of hydrogen-bond acceptors (Lipinski definition) is 6. The fraction of sp³-hybridized carbons (Fsp3) is 0.333. The smallest absolute Gasteiger partial charge is 0.341 e. The quantitative estimate of drug-likeness (QED) is 0.795. The molecule has 0 fully saturated rings. The standard InChI is InChI=1S/C15H17ClN2O4/c1-3-22-15(20)10-8-18-12-7-11(16)13(21-2)6-9(12)14(10)17-4-5-19/h6-8,19H,3-5H2,1-2H3,(H,17,18). The molecule has 118 valence electrons. The Labute approximate surface area is 133 Å². The molecule has 0 aliphatic carbocycles. The number of benzene rings is 1. The summed E-state index contributed by atoms with van der Waals surface area (Å²) in [5.74, 6) is -0.00437. The predicted molar refractivity (Wildman–Crippen MR) is 84.8 cm³/mol. The van der Waals surface area contributed by atoms with E-state index < -0.39 is 5.97 Å². The monoisotopic (exact) mass is 324 g/mol. The van der Waals surface area contributed by atoms with Crippen molar-refractivity contribution < 1.29 is 19.4 Å². The van der Waals surface area contributed by atoms with Crippen molar-refractivity contribution in [2.45, 2.75) is 6.92 Å². The fourth-order valence-electron chi connectivity index (χ4n) is 2.09. The van der Waals surface area contributed by atoms with E-state index in [-0.39, 0.29) is 19.8 Å². The van der Waals surface area contributed by atoms with Gasteiger partial charge in [-0.25, -0.2) is 4.79 Å². The van der Waals surface area contributed by atoms with Crippen LogP contribution in [0.15, 0.2) is 18.3 Å². The number of pyridine rings is 1. The van der Waals surface area contributed by atoms with Crippen molar-refractivity contribution in [3.05, 3.63) is 28.9 Å². The lowest BCUT2D eigenvalue weighted by Crippen LogP contribution is -2.13. The van der Waals surface area contributed by atoms with Gasteiger partial charge in [-0.1, -0.05) is 11.6 Å². The molecule has 6 nitrogen and oxygen atoms in total. The zero-order valence-corrected chi connectivity index (χ0v) is 13.1. The minimum atomic E-state index is -0.480. The van der Waals surface area contributed by atoms with Crippen molar-refractivity contribution in [3.8, 4) is 5.75 Å². The number of fused-ring (bicyclic) bond motifs is 1. The van der Waals surface area contributed by atoms with Gasteiger partial charge in [0.15, 0.2) is 0 Å². The number of aromatic nitrogens is 1. The molecule has 0 amide bonds. The molecule has 0 radical (unpaired) electrons. The highest BCUT2D eigenvalue weighted by Crippen LogP contribution is 2.34. The van der Waals surface area contributed by atoms with Crippen LogP contribution in [0, 0.1) is 0 Å². The molecule has 2 aromatic rings. The third-order valence-corrected chi connectivity index (χ3v) is 3.35. The fourth-order valence-corrected chi connectivity index (χ4v) is 2.32. The van der Waals surface area contributed by atoms with E-state index in [4.69, 9.17) is 26.2 Å². The van der Waals surface area contributed by atoms with Crippen LogP contribution in [0.5, 0.6) is 5.75 Å². The molecule has 22 heavy (non-hydrogen) atoms. The molecule has 0 unspecified atom stereocenters. The van der Waals surface area contributed by atoms with E-state index in [1.165, 1.54) is 13.3 Å². The van der Waals surface area contributed by atoms with Crippen molar-refractivity contribution >= 4 is 34.2 Å².